The third-order valence-corrected chi connectivity index (χ3v) is 5.22. The maximum atomic E-state index is 4.86. The van der Waals surface area contributed by atoms with Gasteiger partial charge >= 0.3 is 0 Å². The summed E-state index contributed by atoms with van der Waals surface area (Å²) in [5.74, 6) is 0.674. The second-order valence-electron chi connectivity index (χ2n) is 6.79. The summed E-state index contributed by atoms with van der Waals surface area (Å²) in [7, 11) is 0. The predicted octanol–water partition coefficient (Wildman–Crippen LogP) is 4.08. The number of hydrogen-bond acceptors (Lipinski definition) is 4. The van der Waals surface area contributed by atoms with Crippen molar-refractivity contribution in [2.75, 3.05) is 0 Å². The Labute approximate surface area is 150 Å². The van der Waals surface area contributed by atoms with Crippen molar-refractivity contribution < 1.29 is 0 Å². The van der Waals surface area contributed by atoms with Crippen molar-refractivity contribution in [3.63, 3.8) is 0 Å². The lowest BCUT2D eigenvalue weighted by Crippen LogP contribution is -1.97. The van der Waals surface area contributed by atoms with Crippen LogP contribution in [0.2, 0.25) is 0 Å². The van der Waals surface area contributed by atoms with Gasteiger partial charge in [-0.2, -0.15) is 0 Å². The van der Waals surface area contributed by atoms with E-state index in [-0.39, 0.29) is 0 Å². The van der Waals surface area contributed by atoms with Crippen LogP contribution in [0, 0.1) is 0 Å². The quantitative estimate of drug-likeness (QED) is 0.455. The Morgan fingerprint density at radius 2 is 1.46 bits per heavy atom. The number of rotatable bonds is 1. The molecule has 0 atom stereocenters. The molecule has 3 heterocycles. The van der Waals surface area contributed by atoms with Gasteiger partial charge in [0, 0.05) is 36.4 Å². The molecule has 0 spiro atoms. The number of hydrogen-bond donors (Lipinski definition) is 0. The van der Waals surface area contributed by atoms with Crippen LogP contribution in [0.5, 0.6) is 0 Å². The molecule has 0 saturated carbocycles. The normalized spacial score (nSPS) is 13.1. The van der Waals surface area contributed by atoms with Crippen molar-refractivity contribution in [2.45, 2.75) is 12.8 Å². The zero-order valence-electron chi connectivity index (χ0n) is 14.0. The smallest absolute Gasteiger partial charge is 0.178 e. The van der Waals surface area contributed by atoms with Gasteiger partial charge in [0.2, 0.25) is 0 Å². The number of fused-ring (bicyclic) bond motifs is 6. The number of aromatic nitrogens is 4. The molecule has 1 aromatic carbocycles. The molecule has 0 amide bonds. The van der Waals surface area contributed by atoms with Crippen LogP contribution in [0.25, 0.3) is 34.2 Å². The van der Waals surface area contributed by atoms with Crippen molar-refractivity contribution in [1.82, 2.24) is 19.9 Å². The Kier molecular flexibility index (Phi) is 2.69. The molecule has 0 fully saturated rings. The highest BCUT2D eigenvalue weighted by molar-refractivity contribution is 5.75. The summed E-state index contributed by atoms with van der Waals surface area (Å²) in [6.07, 6.45) is 5.56. The fourth-order valence-electron chi connectivity index (χ4n) is 3.96. The van der Waals surface area contributed by atoms with E-state index in [9.17, 15) is 0 Å². The molecular weight excluding hydrogens is 320 g/mol. The van der Waals surface area contributed by atoms with E-state index in [4.69, 9.17) is 9.97 Å². The minimum absolute atomic E-state index is 0.674. The van der Waals surface area contributed by atoms with Crippen LogP contribution in [0.3, 0.4) is 0 Å². The van der Waals surface area contributed by atoms with E-state index in [0.717, 1.165) is 35.6 Å². The van der Waals surface area contributed by atoms with Gasteiger partial charge in [0.25, 0.3) is 0 Å². The third-order valence-electron chi connectivity index (χ3n) is 5.22. The van der Waals surface area contributed by atoms with Gasteiger partial charge in [-0.1, -0.05) is 36.4 Å². The second-order valence-corrected chi connectivity index (χ2v) is 6.79. The molecule has 0 bridgehead atoms. The fourth-order valence-corrected chi connectivity index (χ4v) is 3.96. The van der Waals surface area contributed by atoms with Gasteiger partial charge in [-0.15, -0.1) is 0 Å². The lowest BCUT2D eigenvalue weighted by Gasteiger charge is -2.06. The third kappa shape index (κ3) is 1.90. The van der Waals surface area contributed by atoms with Crippen LogP contribution >= 0.6 is 0 Å². The Morgan fingerprint density at radius 3 is 2.46 bits per heavy atom. The van der Waals surface area contributed by atoms with Crippen molar-refractivity contribution in [1.29, 1.82) is 0 Å². The molecule has 122 valence electrons. The first-order chi connectivity index (χ1) is 12.9. The summed E-state index contributed by atoms with van der Waals surface area (Å²) >= 11 is 0. The number of pyridine rings is 2. The van der Waals surface area contributed by atoms with E-state index in [1.54, 1.807) is 0 Å². The second kappa shape index (κ2) is 5.05. The zero-order chi connectivity index (χ0) is 17.1. The molecule has 4 aromatic rings. The van der Waals surface area contributed by atoms with Crippen molar-refractivity contribution >= 4 is 0 Å². The monoisotopic (exact) mass is 334 g/mol. The highest BCUT2D eigenvalue weighted by Gasteiger charge is 2.24. The topological polar surface area (TPSA) is 51.6 Å². The fraction of sp³-hybridized carbons (Fsp3) is 0.0909. The number of benzene rings is 1. The molecule has 0 unspecified atom stereocenters. The van der Waals surface area contributed by atoms with Crippen LogP contribution in [0.4, 0.5) is 0 Å². The minimum atomic E-state index is 0.674. The van der Waals surface area contributed by atoms with Crippen LogP contribution < -0.4 is 0 Å². The molecule has 2 aliphatic rings. The van der Waals surface area contributed by atoms with Crippen LogP contribution in [0.15, 0.2) is 60.9 Å². The van der Waals surface area contributed by atoms with Gasteiger partial charge in [0.1, 0.15) is 5.69 Å². The van der Waals surface area contributed by atoms with Gasteiger partial charge < -0.3 is 0 Å². The van der Waals surface area contributed by atoms with Crippen LogP contribution in [-0.4, -0.2) is 19.9 Å². The van der Waals surface area contributed by atoms with E-state index in [1.807, 2.05) is 24.5 Å². The Morgan fingerprint density at radius 1 is 0.615 bits per heavy atom. The first-order valence-electron chi connectivity index (χ1n) is 8.75. The predicted molar refractivity (Wildman–Crippen MR) is 99.5 cm³/mol. The summed E-state index contributed by atoms with van der Waals surface area (Å²) in [5, 5.41) is 0. The molecule has 0 saturated heterocycles. The highest BCUT2D eigenvalue weighted by atomic mass is 14.9. The standard InChI is InChI=1S/C22H14N4/c1-2-6-17-13(4-1)10-16-12-24-22(26-19(16)17)18-8-7-15-11-14-5-3-9-23-20(14)21(15)25-18/h1-9,12H,10-11H2. The molecule has 26 heavy (non-hydrogen) atoms. The van der Waals surface area contributed by atoms with E-state index >= 15 is 0 Å². The van der Waals surface area contributed by atoms with Crippen molar-refractivity contribution in [3.05, 3.63) is 83.2 Å². The lowest BCUT2D eigenvalue weighted by atomic mass is 10.1. The molecule has 0 radical (unpaired) electrons. The zero-order valence-corrected chi connectivity index (χ0v) is 14.0. The van der Waals surface area contributed by atoms with Gasteiger partial charge in [-0.25, -0.2) is 15.0 Å². The summed E-state index contributed by atoms with van der Waals surface area (Å²) < 4.78 is 0. The van der Waals surface area contributed by atoms with Gasteiger partial charge in [0.05, 0.1) is 17.1 Å². The Hall–Kier alpha value is -3.40. The highest BCUT2D eigenvalue weighted by Crippen LogP contribution is 2.37. The first kappa shape index (κ1) is 13.8. The van der Waals surface area contributed by atoms with Crippen molar-refractivity contribution in [2.24, 2.45) is 0 Å². The molecule has 4 heteroatoms. The van der Waals surface area contributed by atoms with Gasteiger partial charge in [0.15, 0.2) is 5.82 Å². The van der Waals surface area contributed by atoms with Crippen LogP contribution in [0.1, 0.15) is 22.3 Å². The summed E-state index contributed by atoms with van der Waals surface area (Å²) in [6.45, 7) is 0. The molecule has 3 aromatic heterocycles. The lowest BCUT2D eigenvalue weighted by molar-refractivity contribution is 1.10. The van der Waals surface area contributed by atoms with Crippen LogP contribution in [-0.2, 0) is 12.8 Å². The molecule has 2 aliphatic carbocycles. The van der Waals surface area contributed by atoms with Gasteiger partial charge in [-0.05, 0) is 28.8 Å². The maximum absolute atomic E-state index is 4.86. The Bertz CT molecular complexity index is 1100. The summed E-state index contributed by atoms with van der Waals surface area (Å²) in [5.41, 5.74) is 9.93. The molecule has 0 N–H and O–H groups in total. The van der Waals surface area contributed by atoms with E-state index in [2.05, 4.69) is 46.4 Å². The van der Waals surface area contributed by atoms with Crippen molar-refractivity contribution in [3.8, 4) is 34.2 Å². The average Bonchev–Trinajstić information content (AvgIpc) is 3.25. The largest absolute Gasteiger partial charge is 0.254 e. The summed E-state index contributed by atoms with van der Waals surface area (Å²) in [4.78, 5) is 18.8. The van der Waals surface area contributed by atoms with Gasteiger partial charge in [-0.3, -0.25) is 4.98 Å². The van der Waals surface area contributed by atoms with E-state index < -0.39 is 0 Å². The SMILES string of the molecule is c1ccc2c(c1)Cc1cnc(-c3ccc4c(n3)-c3ncccc3C4)nc1-2. The Balaban J connectivity index is 1.49. The average molecular weight is 334 g/mol. The van der Waals surface area contributed by atoms with E-state index in [1.165, 1.54) is 27.8 Å². The molecule has 6 rings (SSSR count). The summed E-state index contributed by atoms with van der Waals surface area (Å²) in [6, 6.07) is 16.7. The molecule has 4 nitrogen and oxygen atoms in total. The minimum Gasteiger partial charge on any atom is -0.254 e. The molecular formula is C22H14N4. The molecule has 0 aliphatic heterocycles. The first-order valence-corrected chi connectivity index (χ1v) is 8.75. The van der Waals surface area contributed by atoms with E-state index in [0.29, 0.717) is 5.82 Å². The maximum Gasteiger partial charge on any atom is 0.178 e. The number of nitrogens with zero attached hydrogens (tertiary/aromatic N) is 4.